The Kier molecular flexibility index (Phi) is 11.7. The molecule has 7 heteroatoms. The first-order valence-corrected chi connectivity index (χ1v) is 8.48. The van der Waals surface area contributed by atoms with Crippen molar-refractivity contribution in [1.29, 1.82) is 0 Å². The average Bonchev–Trinajstić information content (AvgIpc) is 2.35. The van der Waals surface area contributed by atoms with Gasteiger partial charge in [0.2, 0.25) is 0 Å². The number of hydrogen-bond donors (Lipinski definition) is 2. The van der Waals surface area contributed by atoms with Gasteiger partial charge in [-0.15, -0.1) is 0 Å². The monoisotopic (exact) mass is 308 g/mol. The lowest BCUT2D eigenvalue weighted by atomic mass is 10.1. The molecule has 0 bridgehead atoms. The minimum atomic E-state index is -4.30. The third-order valence-electron chi connectivity index (χ3n) is 2.60. The van der Waals surface area contributed by atoms with E-state index in [1.807, 2.05) is 0 Å². The van der Waals surface area contributed by atoms with E-state index in [-0.39, 0.29) is 12.6 Å². The van der Waals surface area contributed by atoms with Crippen molar-refractivity contribution < 1.29 is 28.4 Å². The summed E-state index contributed by atoms with van der Waals surface area (Å²) in [6.07, 6.45) is 9.65. The minimum absolute atomic E-state index is 0.102. The second kappa shape index (κ2) is 12.1. The lowest BCUT2D eigenvalue weighted by Crippen LogP contribution is -2.01. The molecule has 0 aliphatic carbocycles. The fourth-order valence-corrected chi connectivity index (χ4v) is 2.00. The van der Waals surface area contributed by atoms with Crippen LogP contribution in [0, 0.1) is 0 Å². The highest BCUT2D eigenvalue weighted by Crippen LogP contribution is 2.35. The molecule has 0 aliphatic rings. The molecule has 0 rings (SSSR count). The van der Waals surface area contributed by atoms with Crippen LogP contribution >= 0.6 is 7.82 Å². The zero-order chi connectivity index (χ0) is 15.3. The van der Waals surface area contributed by atoms with Gasteiger partial charge >= 0.3 is 13.8 Å². The maximum atomic E-state index is 11.0. The number of allylic oxidation sites excluding steroid dienone is 1. The van der Waals surface area contributed by atoms with E-state index >= 15 is 0 Å². The van der Waals surface area contributed by atoms with E-state index in [9.17, 15) is 9.36 Å². The van der Waals surface area contributed by atoms with Crippen LogP contribution < -0.4 is 0 Å². The van der Waals surface area contributed by atoms with Gasteiger partial charge in [0.25, 0.3) is 0 Å². The number of ether oxygens (including phenoxy) is 1. The molecule has 0 aromatic carbocycles. The van der Waals surface area contributed by atoms with Gasteiger partial charge in [-0.25, -0.2) is 9.36 Å². The van der Waals surface area contributed by atoms with Crippen molar-refractivity contribution in [3.63, 3.8) is 0 Å². The molecule has 0 aromatic heterocycles. The summed E-state index contributed by atoms with van der Waals surface area (Å²) < 4.78 is 19.7. The number of carbonyl (C=O) groups is 1. The van der Waals surface area contributed by atoms with Gasteiger partial charge < -0.3 is 14.5 Å². The van der Waals surface area contributed by atoms with Crippen molar-refractivity contribution >= 4 is 13.8 Å². The number of phosphoric ester groups is 1. The lowest BCUT2D eigenvalue weighted by Gasteiger charge is -2.05. The highest BCUT2D eigenvalue weighted by atomic mass is 31.2. The molecular formula is C13H25O6P. The zero-order valence-electron chi connectivity index (χ0n) is 12.0. The summed E-state index contributed by atoms with van der Waals surface area (Å²) >= 11 is 0. The Morgan fingerprint density at radius 3 is 2.00 bits per heavy atom. The number of phosphoric acid groups is 1. The molecule has 0 atom stereocenters. The summed E-state index contributed by atoms with van der Waals surface area (Å²) in [7, 11) is -4.30. The Bertz CT molecular complexity index is 323. The molecule has 0 aliphatic heterocycles. The first-order chi connectivity index (χ1) is 9.45. The first-order valence-electron chi connectivity index (χ1n) is 6.95. The van der Waals surface area contributed by atoms with E-state index < -0.39 is 7.82 Å². The Labute approximate surface area is 120 Å². The molecule has 0 amide bonds. The molecule has 0 radical (unpaired) electrons. The van der Waals surface area contributed by atoms with Crippen LogP contribution in [0.15, 0.2) is 12.2 Å². The second-order valence-corrected chi connectivity index (χ2v) is 5.71. The molecule has 0 aromatic rings. The van der Waals surface area contributed by atoms with Crippen LogP contribution in [-0.2, 0) is 18.6 Å². The molecule has 0 heterocycles. The third-order valence-corrected chi connectivity index (χ3v) is 3.11. The van der Waals surface area contributed by atoms with Crippen molar-refractivity contribution in [1.82, 2.24) is 0 Å². The number of carbonyl (C=O) groups excluding carboxylic acids is 1. The number of hydrogen-bond acceptors (Lipinski definition) is 4. The standard InChI is InChI=1S/C13H25O6P/c1-2-10-13(14)18-11-8-6-4-3-5-7-9-12-19-20(15,16)17/h2,10H,3-9,11-12H2,1H3,(H2,15,16,17). The Morgan fingerprint density at radius 2 is 1.50 bits per heavy atom. The van der Waals surface area contributed by atoms with Gasteiger partial charge in [0.1, 0.15) is 0 Å². The van der Waals surface area contributed by atoms with Crippen LogP contribution in [0.3, 0.4) is 0 Å². The van der Waals surface area contributed by atoms with Gasteiger partial charge in [0, 0.05) is 6.08 Å². The molecule has 20 heavy (non-hydrogen) atoms. The number of unbranched alkanes of at least 4 members (excludes halogenated alkanes) is 6. The van der Waals surface area contributed by atoms with Crippen molar-refractivity contribution in [2.75, 3.05) is 13.2 Å². The summed E-state index contributed by atoms with van der Waals surface area (Å²) in [6, 6.07) is 0. The number of esters is 1. The van der Waals surface area contributed by atoms with Crippen LogP contribution in [0.2, 0.25) is 0 Å². The quantitative estimate of drug-likeness (QED) is 0.249. The maximum absolute atomic E-state index is 11.0. The van der Waals surface area contributed by atoms with E-state index in [4.69, 9.17) is 14.5 Å². The summed E-state index contributed by atoms with van der Waals surface area (Å²) in [4.78, 5) is 27.9. The van der Waals surface area contributed by atoms with Crippen LogP contribution in [-0.4, -0.2) is 29.0 Å². The van der Waals surface area contributed by atoms with E-state index in [0.717, 1.165) is 38.5 Å². The van der Waals surface area contributed by atoms with Crippen LogP contribution in [0.5, 0.6) is 0 Å². The summed E-state index contributed by atoms with van der Waals surface area (Å²) in [5.74, 6) is -0.294. The molecule has 118 valence electrons. The maximum Gasteiger partial charge on any atom is 0.469 e. The van der Waals surface area contributed by atoms with Gasteiger partial charge in [-0.05, 0) is 19.8 Å². The Hall–Kier alpha value is -0.680. The molecule has 0 saturated carbocycles. The summed E-state index contributed by atoms with van der Waals surface area (Å²) in [5.41, 5.74) is 0. The minimum Gasteiger partial charge on any atom is -0.463 e. The predicted octanol–water partition coefficient (Wildman–Crippen LogP) is 2.95. The smallest absolute Gasteiger partial charge is 0.463 e. The highest BCUT2D eigenvalue weighted by molar-refractivity contribution is 7.46. The topological polar surface area (TPSA) is 93.1 Å². The lowest BCUT2D eigenvalue weighted by molar-refractivity contribution is -0.137. The molecular weight excluding hydrogens is 283 g/mol. The van der Waals surface area contributed by atoms with Crippen molar-refractivity contribution in [3.05, 3.63) is 12.2 Å². The van der Waals surface area contributed by atoms with Crippen LogP contribution in [0.25, 0.3) is 0 Å². The number of rotatable bonds is 12. The highest BCUT2D eigenvalue weighted by Gasteiger charge is 2.12. The first kappa shape index (κ1) is 19.3. The van der Waals surface area contributed by atoms with E-state index in [0.29, 0.717) is 13.0 Å². The SMILES string of the molecule is CC=CC(=O)OCCCCCCCCCOP(=O)(O)O. The van der Waals surface area contributed by atoms with E-state index in [1.165, 1.54) is 6.08 Å². The van der Waals surface area contributed by atoms with Gasteiger partial charge in [-0.1, -0.05) is 38.2 Å². The van der Waals surface area contributed by atoms with Gasteiger partial charge in [-0.2, -0.15) is 0 Å². The Balaban J connectivity index is 3.17. The third kappa shape index (κ3) is 15.4. The summed E-state index contributed by atoms with van der Waals surface area (Å²) in [6.45, 7) is 2.33. The van der Waals surface area contributed by atoms with Gasteiger partial charge in [0.05, 0.1) is 13.2 Å². The van der Waals surface area contributed by atoms with Crippen molar-refractivity contribution in [3.8, 4) is 0 Å². The molecule has 6 nitrogen and oxygen atoms in total. The fraction of sp³-hybridized carbons (Fsp3) is 0.769. The van der Waals surface area contributed by atoms with E-state index in [1.54, 1.807) is 13.0 Å². The van der Waals surface area contributed by atoms with Gasteiger partial charge in [0.15, 0.2) is 0 Å². The molecule has 2 N–H and O–H groups in total. The van der Waals surface area contributed by atoms with Crippen LogP contribution in [0.1, 0.15) is 51.9 Å². The fourth-order valence-electron chi connectivity index (χ4n) is 1.63. The predicted molar refractivity (Wildman–Crippen MR) is 76.1 cm³/mol. The van der Waals surface area contributed by atoms with Crippen molar-refractivity contribution in [2.24, 2.45) is 0 Å². The molecule has 0 spiro atoms. The average molecular weight is 308 g/mol. The largest absolute Gasteiger partial charge is 0.469 e. The van der Waals surface area contributed by atoms with Crippen LogP contribution in [0.4, 0.5) is 0 Å². The zero-order valence-corrected chi connectivity index (χ0v) is 12.9. The molecule has 0 unspecified atom stereocenters. The van der Waals surface area contributed by atoms with Gasteiger partial charge in [-0.3, -0.25) is 4.52 Å². The molecule has 0 fully saturated rings. The molecule has 0 saturated heterocycles. The summed E-state index contributed by atoms with van der Waals surface area (Å²) in [5, 5.41) is 0. The van der Waals surface area contributed by atoms with Crippen molar-refractivity contribution in [2.45, 2.75) is 51.9 Å². The normalized spacial score (nSPS) is 11.9. The van der Waals surface area contributed by atoms with E-state index in [2.05, 4.69) is 4.52 Å². The second-order valence-electron chi connectivity index (χ2n) is 4.47. The Morgan fingerprint density at radius 1 is 1.00 bits per heavy atom.